The van der Waals surface area contributed by atoms with Gasteiger partial charge in [0.25, 0.3) is 0 Å². The minimum Gasteiger partial charge on any atom is -0.368 e. The van der Waals surface area contributed by atoms with Crippen LogP contribution in [-0.2, 0) is 17.6 Å². The molecule has 15 heavy (non-hydrogen) atoms. The van der Waals surface area contributed by atoms with Gasteiger partial charge in [-0.25, -0.2) is 4.98 Å². The van der Waals surface area contributed by atoms with Crippen LogP contribution in [0.1, 0.15) is 43.6 Å². The molecule has 0 spiro atoms. The van der Waals surface area contributed by atoms with E-state index in [9.17, 15) is 4.79 Å². The molecule has 2 rings (SSSR count). The second-order valence-electron chi connectivity index (χ2n) is 4.08. The number of nitrogens with two attached hydrogens (primary N) is 1. The average molecular weight is 207 g/mol. The maximum atomic E-state index is 11.3. The number of rotatable bonds is 3. The summed E-state index contributed by atoms with van der Waals surface area (Å²) in [6.45, 7) is 1.98. The average Bonchev–Trinajstić information content (AvgIpc) is 2.63. The minimum absolute atomic E-state index is 0.223. The van der Waals surface area contributed by atoms with Gasteiger partial charge in [0, 0.05) is 5.69 Å². The molecular formula is C11H17N3O. The fourth-order valence-electron chi connectivity index (χ4n) is 2.30. The Labute approximate surface area is 89.5 Å². The zero-order valence-electron chi connectivity index (χ0n) is 9.07. The van der Waals surface area contributed by atoms with Crippen molar-refractivity contribution in [2.24, 2.45) is 5.73 Å². The highest BCUT2D eigenvalue weighted by atomic mass is 16.1. The highest BCUT2D eigenvalue weighted by Gasteiger charge is 2.22. The van der Waals surface area contributed by atoms with Crippen LogP contribution < -0.4 is 5.73 Å². The van der Waals surface area contributed by atoms with E-state index in [1.54, 1.807) is 6.33 Å². The van der Waals surface area contributed by atoms with Crippen molar-refractivity contribution < 1.29 is 4.79 Å². The summed E-state index contributed by atoms with van der Waals surface area (Å²) in [6, 6.07) is -0.223. The molecule has 4 heteroatoms. The zero-order chi connectivity index (χ0) is 10.8. The molecule has 2 N–H and O–H groups in total. The predicted molar refractivity (Wildman–Crippen MR) is 57.4 cm³/mol. The number of amides is 1. The summed E-state index contributed by atoms with van der Waals surface area (Å²) in [5, 5.41) is 0. The summed E-state index contributed by atoms with van der Waals surface area (Å²) in [4.78, 5) is 15.7. The molecule has 0 bridgehead atoms. The van der Waals surface area contributed by atoms with E-state index in [1.807, 2.05) is 11.5 Å². The Morgan fingerprint density at radius 1 is 1.60 bits per heavy atom. The van der Waals surface area contributed by atoms with Crippen LogP contribution in [-0.4, -0.2) is 15.5 Å². The van der Waals surface area contributed by atoms with Crippen molar-refractivity contribution in [2.45, 2.75) is 45.1 Å². The molecule has 0 saturated carbocycles. The number of aromatic nitrogens is 2. The molecule has 0 aliphatic heterocycles. The van der Waals surface area contributed by atoms with Crippen molar-refractivity contribution >= 4 is 5.91 Å². The number of hydrogen-bond acceptors (Lipinski definition) is 2. The van der Waals surface area contributed by atoms with Gasteiger partial charge < -0.3 is 10.3 Å². The number of nitrogens with zero attached hydrogens (tertiary/aromatic N) is 2. The quantitative estimate of drug-likeness (QED) is 0.809. The van der Waals surface area contributed by atoms with Crippen molar-refractivity contribution in [3.63, 3.8) is 0 Å². The number of hydrogen-bond donors (Lipinski definition) is 1. The summed E-state index contributed by atoms with van der Waals surface area (Å²) in [6.07, 6.45) is 6.97. The van der Waals surface area contributed by atoms with Gasteiger partial charge in [-0.2, -0.15) is 0 Å². The topological polar surface area (TPSA) is 60.9 Å². The molecule has 1 heterocycles. The van der Waals surface area contributed by atoms with Gasteiger partial charge in [0.1, 0.15) is 6.04 Å². The van der Waals surface area contributed by atoms with E-state index in [0.717, 1.165) is 25.0 Å². The maximum Gasteiger partial charge on any atom is 0.240 e. The second kappa shape index (κ2) is 4.04. The van der Waals surface area contributed by atoms with Gasteiger partial charge in [-0.1, -0.05) is 6.92 Å². The van der Waals surface area contributed by atoms with Gasteiger partial charge >= 0.3 is 0 Å². The molecule has 1 unspecified atom stereocenters. The van der Waals surface area contributed by atoms with E-state index >= 15 is 0 Å². The maximum absolute atomic E-state index is 11.3. The van der Waals surface area contributed by atoms with Gasteiger partial charge in [0.2, 0.25) is 5.91 Å². The van der Waals surface area contributed by atoms with Crippen LogP contribution in [0, 0.1) is 0 Å². The normalized spacial score (nSPS) is 17.1. The summed E-state index contributed by atoms with van der Waals surface area (Å²) < 4.78 is 1.97. The minimum atomic E-state index is -0.261. The third kappa shape index (κ3) is 1.76. The van der Waals surface area contributed by atoms with Crippen LogP contribution in [0.2, 0.25) is 0 Å². The van der Waals surface area contributed by atoms with Crippen LogP contribution in [0.25, 0.3) is 0 Å². The Hall–Kier alpha value is -1.32. The summed E-state index contributed by atoms with van der Waals surface area (Å²) >= 11 is 0. The lowest BCUT2D eigenvalue weighted by atomic mass is 10.0. The van der Waals surface area contributed by atoms with E-state index in [4.69, 9.17) is 5.73 Å². The highest BCUT2D eigenvalue weighted by Crippen LogP contribution is 2.24. The smallest absolute Gasteiger partial charge is 0.240 e. The molecule has 82 valence electrons. The number of imidazole rings is 1. The second-order valence-corrected chi connectivity index (χ2v) is 4.08. The molecule has 1 aromatic rings. The van der Waals surface area contributed by atoms with Gasteiger partial charge in [-0.3, -0.25) is 4.79 Å². The molecule has 1 aromatic heterocycles. The van der Waals surface area contributed by atoms with Crippen LogP contribution in [0.4, 0.5) is 0 Å². The van der Waals surface area contributed by atoms with E-state index < -0.39 is 0 Å². The first-order valence-electron chi connectivity index (χ1n) is 5.58. The molecule has 1 aliphatic carbocycles. The molecule has 0 saturated heterocycles. The third-order valence-corrected chi connectivity index (χ3v) is 3.11. The molecule has 0 aromatic carbocycles. The third-order valence-electron chi connectivity index (χ3n) is 3.11. The van der Waals surface area contributed by atoms with E-state index in [-0.39, 0.29) is 11.9 Å². The van der Waals surface area contributed by atoms with Crippen molar-refractivity contribution in [3.8, 4) is 0 Å². The largest absolute Gasteiger partial charge is 0.368 e. The summed E-state index contributed by atoms with van der Waals surface area (Å²) in [5.74, 6) is -0.261. The van der Waals surface area contributed by atoms with Crippen LogP contribution >= 0.6 is 0 Å². The monoisotopic (exact) mass is 207 g/mol. The first-order chi connectivity index (χ1) is 7.24. The highest BCUT2D eigenvalue weighted by molar-refractivity contribution is 5.78. The molecule has 1 amide bonds. The number of carbonyl (C=O) groups is 1. The Bertz CT molecular complexity index is 370. The summed E-state index contributed by atoms with van der Waals surface area (Å²) in [5.41, 5.74) is 7.75. The first-order valence-corrected chi connectivity index (χ1v) is 5.58. The van der Waals surface area contributed by atoms with E-state index in [0.29, 0.717) is 0 Å². The molecule has 4 nitrogen and oxygen atoms in total. The van der Waals surface area contributed by atoms with E-state index in [2.05, 4.69) is 4.98 Å². The SMILES string of the molecule is CCC(C(N)=O)n1cnc2c1CCCC2. The Balaban J connectivity index is 2.35. The van der Waals surface area contributed by atoms with Crippen molar-refractivity contribution in [3.05, 3.63) is 17.7 Å². The van der Waals surface area contributed by atoms with Gasteiger partial charge in [0.15, 0.2) is 0 Å². The first kappa shape index (κ1) is 10.2. The fraction of sp³-hybridized carbons (Fsp3) is 0.636. The standard InChI is InChI=1S/C11H17N3O/c1-2-9(11(12)15)14-7-13-8-5-3-4-6-10(8)14/h7,9H,2-6H2,1H3,(H2,12,15). The predicted octanol–water partition coefficient (Wildman–Crippen LogP) is 1.20. The molecule has 0 radical (unpaired) electrons. The molecular weight excluding hydrogens is 190 g/mol. The molecule has 1 aliphatic rings. The zero-order valence-corrected chi connectivity index (χ0v) is 9.07. The van der Waals surface area contributed by atoms with Crippen molar-refractivity contribution in [1.82, 2.24) is 9.55 Å². The van der Waals surface area contributed by atoms with Crippen LogP contribution in [0.15, 0.2) is 6.33 Å². The van der Waals surface area contributed by atoms with Gasteiger partial charge in [-0.05, 0) is 32.1 Å². The lowest BCUT2D eigenvalue weighted by Crippen LogP contribution is -2.27. The Morgan fingerprint density at radius 2 is 2.33 bits per heavy atom. The Morgan fingerprint density at radius 3 is 3.00 bits per heavy atom. The van der Waals surface area contributed by atoms with Crippen molar-refractivity contribution in [2.75, 3.05) is 0 Å². The van der Waals surface area contributed by atoms with E-state index in [1.165, 1.54) is 18.5 Å². The number of fused-ring (bicyclic) bond motifs is 1. The lowest BCUT2D eigenvalue weighted by molar-refractivity contribution is -0.121. The van der Waals surface area contributed by atoms with Crippen LogP contribution in [0.3, 0.4) is 0 Å². The van der Waals surface area contributed by atoms with Gasteiger partial charge in [0.05, 0.1) is 12.0 Å². The van der Waals surface area contributed by atoms with Crippen LogP contribution in [0.5, 0.6) is 0 Å². The lowest BCUT2D eigenvalue weighted by Gasteiger charge is -2.19. The number of aryl methyl sites for hydroxylation is 1. The molecule has 1 atom stereocenters. The Kier molecular flexibility index (Phi) is 2.75. The van der Waals surface area contributed by atoms with Crippen molar-refractivity contribution in [1.29, 1.82) is 0 Å². The fourth-order valence-corrected chi connectivity index (χ4v) is 2.30. The summed E-state index contributed by atoms with van der Waals surface area (Å²) in [7, 11) is 0. The van der Waals surface area contributed by atoms with Gasteiger partial charge in [-0.15, -0.1) is 0 Å². The molecule has 0 fully saturated rings. The number of carbonyl (C=O) groups excluding carboxylic acids is 1. The number of primary amides is 1.